The van der Waals surface area contributed by atoms with Crippen LogP contribution in [0, 0.1) is 6.92 Å². The molecule has 0 saturated carbocycles. The van der Waals surface area contributed by atoms with Crippen molar-refractivity contribution >= 4 is 28.3 Å². The molecule has 0 saturated heterocycles. The van der Waals surface area contributed by atoms with Crippen LogP contribution in [0.25, 0.3) is 0 Å². The topological polar surface area (TPSA) is 20.2 Å². The molecule has 0 aliphatic rings. The monoisotopic (exact) mass is 222 g/mol. The fraction of sp³-hybridized carbons (Fsp3) is 0.143. The lowest BCUT2D eigenvalue weighted by molar-refractivity contribution is 0.470. The Balaban J connectivity index is 0.000000810. The molecular weight excluding hydrogens is 215 g/mol. The van der Waals surface area contributed by atoms with E-state index in [9.17, 15) is 0 Å². The van der Waals surface area contributed by atoms with Crippen LogP contribution in [0.4, 0.5) is 0 Å². The van der Waals surface area contributed by atoms with E-state index < -0.39 is 0 Å². The molecule has 10 heavy (non-hydrogen) atoms. The SMILES string of the molecule is Cc1c(O)cccc1Br.Cl. The standard InChI is InChI=1S/C7H7BrO.ClH/c1-5-6(8)3-2-4-7(5)9;/h2-4,9H,1H3;1H. The molecule has 0 atom stereocenters. The highest BCUT2D eigenvalue weighted by Crippen LogP contribution is 2.23. The summed E-state index contributed by atoms with van der Waals surface area (Å²) in [6.45, 7) is 1.86. The average molecular weight is 223 g/mol. The predicted octanol–water partition coefficient (Wildman–Crippen LogP) is 2.88. The molecule has 1 aromatic carbocycles. The summed E-state index contributed by atoms with van der Waals surface area (Å²) in [6.07, 6.45) is 0. The highest BCUT2D eigenvalue weighted by molar-refractivity contribution is 9.10. The van der Waals surface area contributed by atoms with Gasteiger partial charge in [-0.25, -0.2) is 0 Å². The molecular formula is C7H8BrClO. The Kier molecular flexibility index (Phi) is 3.76. The largest absolute Gasteiger partial charge is 0.508 e. The lowest BCUT2D eigenvalue weighted by Crippen LogP contribution is -1.74. The zero-order valence-electron chi connectivity index (χ0n) is 5.47. The van der Waals surface area contributed by atoms with Crippen molar-refractivity contribution in [1.29, 1.82) is 0 Å². The van der Waals surface area contributed by atoms with Gasteiger partial charge in [0, 0.05) is 10.0 Å². The third-order valence-electron chi connectivity index (χ3n) is 1.24. The second-order valence-corrected chi connectivity index (χ2v) is 2.74. The fourth-order valence-electron chi connectivity index (χ4n) is 0.596. The molecule has 56 valence electrons. The Morgan fingerprint density at radius 2 is 2.00 bits per heavy atom. The van der Waals surface area contributed by atoms with Gasteiger partial charge < -0.3 is 5.11 Å². The highest BCUT2D eigenvalue weighted by atomic mass is 79.9. The molecule has 3 heteroatoms. The molecule has 0 aliphatic heterocycles. The third kappa shape index (κ3) is 1.89. The van der Waals surface area contributed by atoms with Gasteiger partial charge in [0.15, 0.2) is 0 Å². The number of phenols is 1. The van der Waals surface area contributed by atoms with Gasteiger partial charge >= 0.3 is 0 Å². The Hall–Kier alpha value is -0.210. The van der Waals surface area contributed by atoms with Crippen molar-refractivity contribution in [3.63, 3.8) is 0 Å². The van der Waals surface area contributed by atoms with Crippen LogP contribution in [-0.4, -0.2) is 5.11 Å². The summed E-state index contributed by atoms with van der Waals surface area (Å²) in [5, 5.41) is 9.07. The third-order valence-corrected chi connectivity index (χ3v) is 2.10. The van der Waals surface area contributed by atoms with Crippen LogP contribution in [0.3, 0.4) is 0 Å². The van der Waals surface area contributed by atoms with Crippen molar-refractivity contribution in [2.45, 2.75) is 6.92 Å². The summed E-state index contributed by atoms with van der Waals surface area (Å²) in [6, 6.07) is 5.36. The van der Waals surface area contributed by atoms with Gasteiger partial charge in [-0.3, -0.25) is 0 Å². The summed E-state index contributed by atoms with van der Waals surface area (Å²) in [5.41, 5.74) is 0.887. The zero-order valence-corrected chi connectivity index (χ0v) is 7.87. The maximum atomic E-state index is 9.07. The normalized spacial score (nSPS) is 8.60. The summed E-state index contributed by atoms with van der Waals surface area (Å²) in [4.78, 5) is 0. The van der Waals surface area contributed by atoms with Gasteiger partial charge in [-0.1, -0.05) is 22.0 Å². The van der Waals surface area contributed by atoms with Gasteiger partial charge in [0.1, 0.15) is 5.75 Å². The van der Waals surface area contributed by atoms with Crippen molar-refractivity contribution in [3.05, 3.63) is 28.2 Å². The van der Waals surface area contributed by atoms with Gasteiger partial charge in [0.25, 0.3) is 0 Å². The van der Waals surface area contributed by atoms with Crippen molar-refractivity contribution in [1.82, 2.24) is 0 Å². The number of phenolic OH excluding ortho intramolecular Hbond substituents is 1. The van der Waals surface area contributed by atoms with Gasteiger partial charge in [0.05, 0.1) is 0 Å². The van der Waals surface area contributed by atoms with E-state index in [1.165, 1.54) is 0 Å². The fourth-order valence-corrected chi connectivity index (χ4v) is 0.952. The van der Waals surface area contributed by atoms with E-state index in [2.05, 4.69) is 15.9 Å². The summed E-state index contributed by atoms with van der Waals surface area (Å²) >= 11 is 3.29. The second kappa shape index (κ2) is 3.84. The lowest BCUT2D eigenvalue weighted by Gasteiger charge is -1.97. The first-order valence-corrected chi connectivity index (χ1v) is 3.45. The van der Waals surface area contributed by atoms with Crippen LogP contribution in [0.5, 0.6) is 5.75 Å². The molecule has 0 aromatic heterocycles. The van der Waals surface area contributed by atoms with E-state index in [4.69, 9.17) is 5.11 Å². The number of benzene rings is 1. The maximum absolute atomic E-state index is 9.07. The average Bonchev–Trinajstić information content (AvgIpc) is 1.83. The first-order valence-electron chi connectivity index (χ1n) is 2.66. The van der Waals surface area contributed by atoms with Crippen LogP contribution in [-0.2, 0) is 0 Å². The van der Waals surface area contributed by atoms with E-state index >= 15 is 0 Å². The minimum Gasteiger partial charge on any atom is -0.508 e. The minimum atomic E-state index is 0. The van der Waals surface area contributed by atoms with Crippen molar-refractivity contribution in [2.24, 2.45) is 0 Å². The van der Waals surface area contributed by atoms with Crippen LogP contribution >= 0.6 is 28.3 Å². The summed E-state index contributed by atoms with van der Waals surface area (Å²) in [7, 11) is 0. The summed E-state index contributed by atoms with van der Waals surface area (Å²) < 4.78 is 0.947. The zero-order chi connectivity index (χ0) is 6.85. The van der Waals surface area contributed by atoms with Crippen molar-refractivity contribution < 1.29 is 5.11 Å². The van der Waals surface area contributed by atoms with Gasteiger partial charge in [-0.15, -0.1) is 12.4 Å². The van der Waals surface area contributed by atoms with Crippen LogP contribution in [0.15, 0.2) is 22.7 Å². The Bertz CT molecular complexity index is 205. The maximum Gasteiger partial charge on any atom is 0.119 e. The molecule has 0 fully saturated rings. The second-order valence-electron chi connectivity index (χ2n) is 1.88. The Morgan fingerprint density at radius 3 is 2.40 bits per heavy atom. The molecule has 0 bridgehead atoms. The molecule has 0 radical (unpaired) electrons. The van der Waals surface area contributed by atoms with Gasteiger partial charge in [-0.05, 0) is 19.1 Å². The first kappa shape index (κ1) is 9.79. The number of aromatic hydroxyl groups is 1. The number of hydrogen-bond acceptors (Lipinski definition) is 1. The number of halogens is 2. The predicted molar refractivity (Wildman–Crippen MR) is 47.8 cm³/mol. The highest BCUT2D eigenvalue weighted by Gasteiger charge is 1.96. The quantitative estimate of drug-likeness (QED) is 0.717. The summed E-state index contributed by atoms with van der Waals surface area (Å²) in [5.74, 6) is 0.337. The molecule has 0 unspecified atom stereocenters. The van der Waals surface area contributed by atoms with E-state index in [0.29, 0.717) is 5.75 Å². The Labute approximate surface area is 74.6 Å². The Morgan fingerprint density at radius 1 is 1.40 bits per heavy atom. The van der Waals surface area contributed by atoms with Gasteiger partial charge in [0.2, 0.25) is 0 Å². The molecule has 0 spiro atoms. The molecule has 0 aliphatic carbocycles. The van der Waals surface area contributed by atoms with Crippen molar-refractivity contribution in [3.8, 4) is 5.75 Å². The smallest absolute Gasteiger partial charge is 0.119 e. The molecule has 0 amide bonds. The van der Waals surface area contributed by atoms with E-state index in [1.807, 2.05) is 13.0 Å². The number of rotatable bonds is 0. The number of hydrogen-bond donors (Lipinski definition) is 1. The molecule has 1 N–H and O–H groups in total. The first-order chi connectivity index (χ1) is 4.22. The van der Waals surface area contributed by atoms with E-state index in [-0.39, 0.29) is 12.4 Å². The van der Waals surface area contributed by atoms with Crippen LogP contribution in [0.2, 0.25) is 0 Å². The minimum absolute atomic E-state index is 0. The van der Waals surface area contributed by atoms with Crippen LogP contribution in [0.1, 0.15) is 5.56 Å². The molecule has 1 aromatic rings. The van der Waals surface area contributed by atoms with Gasteiger partial charge in [-0.2, -0.15) is 0 Å². The van der Waals surface area contributed by atoms with Crippen molar-refractivity contribution in [2.75, 3.05) is 0 Å². The van der Waals surface area contributed by atoms with E-state index in [0.717, 1.165) is 10.0 Å². The lowest BCUT2D eigenvalue weighted by atomic mass is 10.2. The molecule has 1 nitrogen and oxygen atoms in total. The molecule has 1 rings (SSSR count). The van der Waals surface area contributed by atoms with E-state index in [1.54, 1.807) is 12.1 Å². The molecule has 0 heterocycles. The van der Waals surface area contributed by atoms with Crippen LogP contribution < -0.4 is 0 Å².